The van der Waals surface area contributed by atoms with Gasteiger partial charge in [-0.1, -0.05) is 0 Å². The topological polar surface area (TPSA) is 72.2 Å². The minimum atomic E-state index is 0.192. The fourth-order valence-electron chi connectivity index (χ4n) is 2.32. The number of nitrogens with one attached hydrogen (secondary N) is 1. The third-order valence-electron chi connectivity index (χ3n) is 3.31. The summed E-state index contributed by atoms with van der Waals surface area (Å²) in [6.07, 6.45) is 9.10. The molecule has 0 amide bonds. The molecule has 0 radical (unpaired) electrons. The molecule has 2 N–H and O–H groups in total. The monoisotopic (exact) mass is 263 g/mol. The summed E-state index contributed by atoms with van der Waals surface area (Å²) in [7, 11) is 0. The molecule has 2 heterocycles. The predicted octanol–water partition coefficient (Wildman–Crippen LogP) is 3.53. The average Bonchev–Trinajstić information content (AvgIpc) is 2.89. The van der Waals surface area contributed by atoms with E-state index >= 15 is 0 Å². The van der Waals surface area contributed by atoms with Gasteiger partial charge in [0, 0.05) is 35.1 Å². The van der Waals surface area contributed by atoms with Crippen LogP contribution in [0.25, 0.3) is 16.5 Å². The van der Waals surface area contributed by atoms with Gasteiger partial charge < -0.3 is 10.1 Å². The summed E-state index contributed by atoms with van der Waals surface area (Å²) in [5.74, 6) is 0.192. The maximum Gasteiger partial charge on any atom is 0.116 e. The van der Waals surface area contributed by atoms with Crippen LogP contribution in [0.2, 0.25) is 0 Å². The first kappa shape index (κ1) is 12.2. The molecule has 2 aromatic rings. The van der Waals surface area contributed by atoms with E-state index in [1.165, 1.54) is 0 Å². The number of nitriles is 1. The van der Waals surface area contributed by atoms with Crippen LogP contribution in [0.1, 0.15) is 18.4 Å². The van der Waals surface area contributed by atoms with Crippen LogP contribution in [0.15, 0.2) is 47.2 Å². The zero-order valence-electron chi connectivity index (χ0n) is 10.8. The van der Waals surface area contributed by atoms with Crippen molar-refractivity contribution >= 4 is 22.7 Å². The second kappa shape index (κ2) is 5.06. The minimum absolute atomic E-state index is 0.192. The lowest BCUT2D eigenvalue weighted by molar-refractivity contribution is 0.476. The molecule has 0 fully saturated rings. The number of phenolic OH excluding ortho intramolecular Hbond substituents is 1. The van der Waals surface area contributed by atoms with Crippen LogP contribution < -0.4 is 0 Å². The number of rotatable bonds is 2. The van der Waals surface area contributed by atoms with Gasteiger partial charge in [-0.2, -0.15) is 5.26 Å². The standard InChI is InChI=1S/C16H13N3O/c17-8-12(6-11-2-1-5-18-9-11)15-10-19-16-4-3-13(20)7-14(15)16/h3-7,9-10,19-20H,1-2H2/b12-6+. The van der Waals surface area contributed by atoms with Crippen molar-refractivity contribution in [2.24, 2.45) is 4.99 Å². The minimum Gasteiger partial charge on any atom is -0.508 e. The third kappa shape index (κ3) is 2.21. The van der Waals surface area contributed by atoms with Crippen molar-refractivity contribution in [2.45, 2.75) is 12.8 Å². The molecule has 0 unspecified atom stereocenters. The molecule has 4 heteroatoms. The van der Waals surface area contributed by atoms with Crippen LogP contribution in [0.4, 0.5) is 0 Å². The van der Waals surface area contributed by atoms with Gasteiger partial charge in [0.2, 0.25) is 0 Å². The fourth-order valence-corrected chi connectivity index (χ4v) is 2.32. The Morgan fingerprint density at radius 2 is 2.35 bits per heavy atom. The van der Waals surface area contributed by atoms with Gasteiger partial charge in [0.25, 0.3) is 0 Å². The van der Waals surface area contributed by atoms with Gasteiger partial charge in [0.1, 0.15) is 5.75 Å². The van der Waals surface area contributed by atoms with E-state index in [4.69, 9.17) is 0 Å². The number of H-pyrrole nitrogens is 1. The van der Waals surface area contributed by atoms with Gasteiger partial charge in [-0.25, -0.2) is 0 Å². The molecule has 0 atom stereocenters. The van der Waals surface area contributed by atoms with Crippen LogP contribution in [-0.4, -0.2) is 16.3 Å². The smallest absolute Gasteiger partial charge is 0.116 e. The van der Waals surface area contributed by atoms with Crippen LogP contribution >= 0.6 is 0 Å². The van der Waals surface area contributed by atoms with Crippen LogP contribution in [0.5, 0.6) is 5.75 Å². The summed E-state index contributed by atoms with van der Waals surface area (Å²) >= 11 is 0. The zero-order chi connectivity index (χ0) is 13.9. The van der Waals surface area contributed by atoms with E-state index in [1.54, 1.807) is 30.6 Å². The Morgan fingerprint density at radius 1 is 1.45 bits per heavy atom. The van der Waals surface area contributed by atoms with Gasteiger partial charge in [-0.3, -0.25) is 4.99 Å². The van der Waals surface area contributed by atoms with E-state index < -0.39 is 0 Å². The second-order valence-corrected chi connectivity index (χ2v) is 4.68. The first-order chi connectivity index (χ1) is 9.78. The van der Waals surface area contributed by atoms with Gasteiger partial charge in [0.05, 0.1) is 11.6 Å². The van der Waals surface area contributed by atoms with Crippen molar-refractivity contribution < 1.29 is 5.11 Å². The van der Waals surface area contributed by atoms with Gasteiger partial charge in [-0.05, 0) is 42.7 Å². The number of aromatic hydroxyl groups is 1. The Balaban J connectivity index is 2.10. The highest BCUT2D eigenvalue weighted by molar-refractivity contribution is 5.97. The number of hydrogen-bond donors (Lipinski definition) is 2. The molecular formula is C16H13N3O. The molecule has 4 nitrogen and oxygen atoms in total. The Hall–Kier alpha value is -2.80. The number of nitrogens with zero attached hydrogens (tertiary/aromatic N) is 2. The summed E-state index contributed by atoms with van der Waals surface area (Å²) in [5.41, 5.74) is 3.31. The van der Waals surface area contributed by atoms with Crippen LogP contribution in [-0.2, 0) is 0 Å². The molecular weight excluding hydrogens is 250 g/mol. The molecule has 1 aromatic carbocycles. The molecule has 0 aliphatic carbocycles. The van der Waals surface area contributed by atoms with Gasteiger partial charge in [-0.15, -0.1) is 0 Å². The van der Waals surface area contributed by atoms with E-state index in [1.807, 2.05) is 12.3 Å². The Morgan fingerprint density at radius 3 is 3.10 bits per heavy atom. The summed E-state index contributed by atoms with van der Waals surface area (Å²) in [6.45, 7) is 0. The molecule has 20 heavy (non-hydrogen) atoms. The van der Waals surface area contributed by atoms with Crippen molar-refractivity contribution in [3.05, 3.63) is 47.8 Å². The highest BCUT2D eigenvalue weighted by Crippen LogP contribution is 2.29. The second-order valence-electron chi connectivity index (χ2n) is 4.68. The predicted molar refractivity (Wildman–Crippen MR) is 79.4 cm³/mol. The molecule has 1 aromatic heterocycles. The van der Waals surface area contributed by atoms with Crippen molar-refractivity contribution in [1.82, 2.24) is 4.98 Å². The van der Waals surface area contributed by atoms with E-state index in [9.17, 15) is 10.4 Å². The number of hydrogen-bond acceptors (Lipinski definition) is 3. The largest absolute Gasteiger partial charge is 0.508 e. The normalized spacial score (nSPS) is 15.2. The Labute approximate surface area is 116 Å². The molecule has 0 bridgehead atoms. The summed E-state index contributed by atoms with van der Waals surface area (Å²) in [6, 6.07) is 7.32. The van der Waals surface area contributed by atoms with E-state index in [2.05, 4.69) is 16.0 Å². The summed E-state index contributed by atoms with van der Waals surface area (Å²) < 4.78 is 0. The van der Waals surface area contributed by atoms with Crippen LogP contribution in [0.3, 0.4) is 0 Å². The summed E-state index contributed by atoms with van der Waals surface area (Å²) in [5, 5.41) is 19.8. The Kier molecular flexibility index (Phi) is 3.10. The fraction of sp³-hybridized carbons (Fsp3) is 0.125. The quantitative estimate of drug-likeness (QED) is 0.813. The molecule has 3 rings (SSSR count). The Bertz CT molecular complexity index is 788. The first-order valence-electron chi connectivity index (χ1n) is 6.41. The molecule has 0 spiro atoms. The SMILES string of the molecule is N#C/C(=C\C1=CN=CCC1)c1c[nH]c2ccc(O)cc12. The summed E-state index contributed by atoms with van der Waals surface area (Å²) in [4.78, 5) is 7.23. The van der Waals surface area contributed by atoms with Gasteiger partial charge >= 0.3 is 0 Å². The first-order valence-corrected chi connectivity index (χ1v) is 6.41. The van der Waals surface area contributed by atoms with Gasteiger partial charge in [0.15, 0.2) is 0 Å². The number of aromatic nitrogens is 1. The number of aromatic amines is 1. The number of fused-ring (bicyclic) bond motifs is 1. The molecule has 0 saturated carbocycles. The number of aliphatic imine (C=N–C) groups is 1. The molecule has 1 aliphatic heterocycles. The maximum absolute atomic E-state index is 9.60. The molecule has 0 saturated heterocycles. The third-order valence-corrected chi connectivity index (χ3v) is 3.31. The highest BCUT2D eigenvalue weighted by atomic mass is 16.3. The number of phenols is 1. The van der Waals surface area contributed by atoms with E-state index in [-0.39, 0.29) is 5.75 Å². The van der Waals surface area contributed by atoms with Crippen molar-refractivity contribution in [3.63, 3.8) is 0 Å². The van der Waals surface area contributed by atoms with E-state index in [0.717, 1.165) is 34.9 Å². The zero-order valence-corrected chi connectivity index (χ0v) is 10.8. The molecule has 98 valence electrons. The number of benzene rings is 1. The number of allylic oxidation sites excluding steroid dienone is 3. The van der Waals surface area contributed by atoms with Crippen LogP contribution in [0, 0.1) is 11.3 Å². The van der Waals surface area contributed by atoms with Crippen molar-refractivity contribution in [2.75, 3.05) is 0 Å². The molecule has 1 aliphatic rings. The lowest BCUT2D eigenvalue weighted by Gasteiger charge is -2.04. The highest BCUT2D eigenvalue weighted by Gasteiger charge is 2.10. The maximum atomic E-state index is 9.60. The van der Waals surface area contributed by atoms with E-state index in [0.29, 0.717) is 5.57 Å². The van der Waals surface area contributed by atoms with Crippen molar-refractivity contribution in [3.8, 4) is 11.8 Å². The lowest BCUT2D eigenvalue weighted by Crippen LogP contribution is -1.89. The average molecular weight is 263 g/mol. The van der Waals surface area contributed by atoms with Crippen molar-refractivity contribution in [1.29, 1.82) is 5.26 Å². The lowest BCUT2D eigenvalue weighted by atomic mass is 10.0.